The molecule has 10 heteroatoms. The van der Waals surface area contributed by atoms with Crippen molar-refractivity contribution in [3.05, 3.63) is 69.8 Å². The van der Waals surface area contributed by atoms with Crippen molar-refractivity contribution in [2.75, 3.05) is 27.2 Å². The summed E-state index contributed by atoms with van der Waals surface area (Å²) in [6.07, 6.45) is 2.81. The van der Waals surface area contributed by atoms with Gasteiger partial charge >= 0.3 is 0 Å². The summed E-state index contributed by atoms with van der Waals surface area (Å²) in [6.45, 7) is 2.48. The van der Waals surface area contributed by atoms with Crippen LogP contribution in [0.1, 0.15) is 69.2 Å². The fourth-order valence-electron chi connectivity index (χ4n) is 6.10. The zero-order chi connectivity index (χ0) is 29.0. The Morgan fingerprint density at radius 3 is 2.05 bits per heavy atom. The average Bonchev–Trinajstić information content (AvgIpc) is 3.40. The third-order valence-corrected chi connectivity index (χ3v) is 8.13. The Hall–Kier alpha value is -4.23. The summed E-state index contributed by atoms with van der Waals surface area (Å²) in [7, 11) is 3.13. The monoisotopic (exact) mass is 544 g/mol. The van der Waals surface area contributed by atoms with Crippen LogP contribution in [0.2, 0.25) is 0 Å². The molecule has 10 nitrogen and oxygen atoms in total. The van der Waals surface area contributed by atoms with Crippen molar-refractivity contribution in [2.24, 2.45) is 5.73 Å². The molecule has 4 amide bonds. The van der Waals surface area contributed by atoms with E-state index in [2.05, 4.69) is 22.0 Å². The van der Waals surface area contributed by atoms with E-state index in [0.29, 0.717) is 48.1 Å². The second kappa shape index (κ2) is 11.9. The molecule has 1 aliphatic heterocycles. The highest BCUT2D eigenvalue weighted by Gasteiger charge is 2.46. The van der Waals surface area contributed by atoms with Crippen LogP contribution in [0.15, 0.2) is 36.4 Å². The number of primary amides is 1. The van der Waals surface area contributed by atoms with Crippen LogP contribution < -0.4 is 21.7 Å². The van der Waals surface area contributed by atoms with Crippen molar-refractivity contribution in [1.82, 2.24) is 20.9 Å². The van der Waals surface area contributed by atoms with E-state index < -0.39 is 17.4 Å². The lowest BCUT2D eigenvalue weighted by Gasteiger charge is -2.36. The van der Waals surface area contributed by atoms with E-state index in [0.717, 1.165) is 17.5 Å². The van der Waals surface area contributed by atoms with Crippen LogP contribution in [-0.4, -0.2) is 67.8 Å². The molecule has 4 rings (SSSR count). The van der Waals surface area contributed by atoms with Crippen molar-refractivity contribution in [3.63, 3.8) is 0 Å². The third-order valence-electron chi connectivity index (χ3n) is 8.13. The fourth-order valence-corrected chi connectivity index (χ4v) is 6.10. The molecule has 0 spiro atoms. The second-order valence-corrected chi connectivity index (χ2v) is 10.5. The highest BCUT2D eigenvalue weighted by atomic mass is 16.2. The Morgan fingerprint density at radius 2 is 1.57 bits per heavy atom. The van der Waals surface area contributed by atoms with Crippen molar-refractivity contribution < 1.29 is 19.2 Å². The normalized spacial score (nSPS) is 17.9. The molecule has 210 valence electrons. The standard InChI is InChI=1S/C30H36N6O4/c1-18(35-17-26(37)36-12-4-5-23(36)16-31)15-30(29(32)40)24-10-8-21(27(38)33-2)13-19(24)6-7-20-14-22(28(39)34-3)9-11-25(20)30/h8-11,13-14,18,23,35H,4-7,12,15,17H2,1-3H3,(H2,32,40)(H,33,38)(H,34,39)/t18-,23+/m1/s1. The van der Waals surface area contributed by atoms with Gasteiger partial charge in [0.25, 0.3) is 11.8 Å². The SMILES string of the molecule is CNC(=O)c1ccc2c(c1)CCc1cc(C(=O)NC)ccc1C2(C[C@@H](C)NCC(=O)N1CCC[C@H]1C#N)C(N)=O. The fraction of sp³-hybridized carbons (Fsp3) is 0.433. The van der Waals surface area contributed by atoms with Crippen molar-refractivity contribution >= 4 is 23.6 Å². The number of nitriles is 1. The van der Waals surface area contributed by atoms with Gasteiger partial charge < -0.3 is 26.6 Å². The molecule has 0 radical (unpaired) electrons. The Labute approximate surface area is 234 Å². The Kier molecular flexibility index (Phi) is 8.55. The summed E-state index contributed by atoms with van der Waals surface area (Å²) in [5, 5.41) is 17.9. The average molecular weight is 545 g/mol. The summed E-state index contributed by atoms with van der Waals surface area (Å²) in [6, 6.07) is 12.0. The lowest BCUT2D eigenvalue weighted by Crippen LogP contribution is -2.49. The molecule has 40 heavy (non-hydrogen) atoms. The molecule has 1 aliphatic carbocycles. The number of hydrogen-bond acceptors (Lipinski definition) is 6. The number of fused-ring (bicyclic) bond motifs is 2. The van der Waals surface area contributed by atoms with Crippen LogP contribution in [-0.2, 0) is 27.8 Å². The highest BCUT2D eigenvalue weighted by molar-refractivity contribution is 5.97. The molecule has 0 unspecified atom stereocenters. The first-order valence-electron chi connectivity index (χ1n) is 13.6. The maximum absolute atomic E-state index is 13.6. The van der Waals surface area contributed by atoms with Crippen LogP contribution in [0.4, 0.5) is 0 Å². The van der Waals surface area contributed by atoms with Gasteiger partial charge in [-0.05, 0) is 85.5 Å². The van der Waals surface area contributed by atoms with Gasteiger partial charge in [-0.3, -0.25) is 19.2 Å². The molecular weight excluding hydrogens is 508 g/mol. The number of hydrogen-bond donors (Lipinski definition) is 4. The number of rotatable bonds is 8. The molecule has 2 aromatic carbocycles. The van der Waals surface area contributed by atoms with Gasteiger partial charge in [0.15, 0.2) is 0 Å². The molecule has 1 fully saturated rings. The predicted octanol–water partition coefficient (Wildman–Crippen LogP) is 1.16. The van der Waals surface area contributed by atoms with Crippen LogP contribution in [0, 0.1) is 11.3 Å². The second-order valence-electron chi connectivity index (χ2n) is 10.5. The molecule has 2 aliphatic rings. The zero-order valence-corrected chi connectivity index (χ0v) is 23.2. The largest absolute Gasteiger partial charge is 0.369 e. The van der Waals surface area contributed by atoms with E-state index in [4.69, 9.17) is 5.73 Å². The van der Waals surface area contributed by atoms with Gasteiger partial charge in [0, 0.05) is 37.8 Å². The van der Waals surface area contributed by atoms with Crippen molar-refractivity contribution in [3.8, 4) is 6.07 Å². The maximum Gasteiger partial charge on any atom is 0.251 e. The van der Waals surface area contributed by atoms with Crippen LogP contribution >= 0.6 is 0 Å². The van der Waals surface area contributed by atoms with Crippen LogP contribution in [0.25, 0.3) is 0 Å². The number of carbonyl (C=O) groups excluding carboxylic acids is 4. The number of nitrogens with zero attached hydrogens (tertiary/aromatic N) is 2. The molecule has 1 heterocycles. The van der Waals surface area contributed by atoms with Gasteiger partial charge in [0.1, 0.15) is 11.5 Å². The van der Waals surface area contributed by atoms with E-state index >= 15 is 0 Å². The van der Waals surface area contributed by atoms with E-state index in [1.54, 1.807) is 55.4 Å². The number of benzene rings is 2. The summed E-state index contributed by atoms with van der Waals surface area (Å²) in [4.78, 5) is 52.9. The molecule has 0 aromatic heterocycles. The minimum Gasteiger partial charge on any atom is -0.369 e. The van der Waals surface area contributed by atoms with Gasteiger partial charge in [-0.1, -0.05) is 12.1 Å². The topological polar surface area (TPSA) is 157 Å². The first-order chi connectivity index (χ1) is 19.2. The number of aryl methyl sites for hydroxylation is 2. The minimum absolute atomic E-state index is 0.0269. The molecule has 2 aromatic rings. The molecule has 5 N–H and O–H groups in total. The van der Waals surface area contributed by atoms with Gasteiger partial charge in [-0.2, -0.15) is 5.26 Å². The van der Waals surface area contributed by atoms with E-state index in [1.165, 1.54) is 0 Å². The van der Waals surface area contributed by atoms with E-state index in [1.807, 2.05) is 6.92 Å². The summed E-state index contributed by atoms with van der Waals surface area (Å²) >= 11 is 0. The summed E-state index contributed by atoms with van der Waals surface area (Å²) < 4.78 is 0. The van der Waals surface area contributed by atoms with Gasteiger partial charge in [-0.25, -0.2) is 0 Å². The Bertz CT molecular complexity index is 1310. The predicted molar refractivity (Wildman–Crippen MR) is 149 cm³/mol. The summed E-state index contributed by atoms with van der Waals surface area (Å²) in [5.74, 6) is -1.18. The summed E-state index contributed by atoms with van der Waals surface area (Å²) in [5.41, 5.74) is 9.01. The van der Waals surface area contributed by atoms with Crippen LogP contribution in [0.3, 0.4) is 0 Å². The maximum atomic E-state index is 13.6. The molecule has 1 saturated heterocycles. The van der Waals surface area contributed by atoms with Gasteiger partial charge in [0.2, 0.25) is 11.8 Å². The Balaban J connectivity index is 1.75. The molecular formula is C30H36N6O4. The lowest BCUT2D eigenvalue weighted by molar-refractivity contribution is -0.130. The van der Waals surface area contributed by atoms with E-state index in [9.17, 15) is 24.4 Å². The van der Waals surface area contributed by atoms with Crippen molar-refractivity contribution in [2.45, 2.75) is 56.5 Å². The highest BCUT2D eigenvalue weighted by Crippen LogP contribution is 2.43. The molecule has 0 saturated carbocycles. The van der Waals surface area contributed by atoms with Gasteiger partial charge in [-0.15, -0.1) is 0 Å². The number of nitrogens with one attached hydrogen (secondary N) is 3. The minimum atomic E-state index is -1.28. The lowest BCUT2D eigenvalue weighted by atomic mass is 9.68. The number of likely N-dealkylation sites (tertiary alicyclic amines) is 1. The number of carbonyl (C=O) groups is 4. The van der Waals surface area contributed by atoms with Gasteiger partial charge in [0.05, 0.1) is 12.6 Å². The smallest absolute Gasteiger partial charge is 0.251 e. The number of nitrogens with two attached hydrogens (primary N) is 1. The van der Waals surface area contributed by atoms with Crippen LogP contribution in [0.5, 0.6) is 0 Å². The number of amides is 4. The first kappa shape index (κ1) is 28.8. The van der Waals surface area contributed by atoms with Crippen molar-refractivity contribution in [1.29, 1.82) is 5.26 Å². The molecule has 0 bridgehead atoms. The molecule has 2 atom stereocenters. The quantitative estimate of drug-likeness (QED) is 0.391. The zero-order valence-electron chi connectivity index (χ0n) is 23.2. The Morgan fingerprint density at radius 1 is 1.02 bits per heavy atom. The first-order valence-corrected chi connectivity index (χ1v) is 13.6. The van der Waals surface area contributed by atoms with E-state index in [-0.39, 0.29) is 36.7 Å². The third kappa shape index (κ3) is 5.29.